The Labute approximate surface area is 133 Å². The number of rotatable bonds is 4. The Morgan fingerprint density at radius 3 is 2.78 bits per heavy atom. The van der Waals surface area contributed by atoms with Crippen LogP contribution in [0.15, 0.2) is 66.5 Å². The van der Waals surface area contributed by atoms with E-state index in [1.165, 1.54) is 0 Å². The molecule has 1 amide bonds. The van der Waals surface area contributed by atoms with Crippen LogP contribution in [0.25, 0.3) is 11.7 Å². The maximum absolute atomic E-state index is 12.2. The highest BCUT2D eigenvalue weighted by Gasteiger charge is 2.10. The largest absolute Gasteiger partial charge is 0.347 e. The van der Waals surface area contributed by atoms with Crippen LogP contribution in [0.3, 0.4) is 0 Å². The number of aromatic nitrogens is 2. The summed E-state index contributed by atoms with van der Waals surface area (Å²) in [5.74, 6) is -0.401. The SMILES string of the molecule is N#CC(=Cc1cnc2ccccn12)C(=O)NCc1ccccc1. The molecule has 0 saturated heterocycles. The summed E-state index contributed by atoms with van der Waals surface area (Å²) < 4.78 is 1.82. The van der Waals surface area contributed by atoms with Gasteiger partial charge in [-0.3, -0.25) is 4.79 Å². The third-order valence-electron chi connectivity index (χ3n) is 3.40. The number of benzene rings is 1. The highest BCUT2D eigenvalue weighted by atomic mass is 16.1. The van der Waals surface area contributed by atoms with Gasteiger partial charge in [0, 0.05) is 12.7 Å². The molecule has 0 radical (unpaired) electrons. The molecule has 0 spiro atoms. The van der Waals surface area contributed by atoms with Crippen molar-refractivity contribution in [3.8, 4) is 6.07 Å². The molecule has 0 aliphatic heterocycles. The van der Waals surface area contributed by atoms with Crippen molar-refractivity contribution >= 4 is 17.6 Å². The molecule has 1 N–H and O–H groups in total. The molecule has 112 valence electrons. The maximum atomic E-state index is 12.2. The summed E-state index contributed by atoms with van der Waals surface area (Å²) in [7, 11) is 0. The van der Waals surface area contributed by atoms with E-state index in [0.717, 1.165) is 11.2 Å². The molecule has 0 fully saturated rings. The summed E-state index contributed by atoms with van der Waals surface area (Å²) in [6.07, 6.45) is 5.02. The number of amides is 1. The lowest BCUT2D eigenvalue weighted by atomic mass is 10.2. The summed E-state index contributed by atoms with van der Waals surface area (Å²) in [6.45, 7) is 0.381. The van der Waals surface area contributed by atoms with E-state index in [2.05, 4.69) is 10.3 Å². The van der Waals surface area contributed by atoms with E-state index < -0.39 is 5.91 Å². The first kappa shape index (κ1) is 14.5. The van der Waals surface area contributed by atoms with Crippen molar-refractivity contribution in [2.45, 2.75) is 6.54 Å². The minimum atomic E-state index is -0.401. The number of pyridine rings is 1. The van der Waals surface area contributed by atoms with Gasteiger partial charge in [-0.1, -0.05) is 36.4 Å². The molecule has 2 aromatic heterocycles. The lowest BCUT2D eigenvalue weighted by molar-refractivity contribution is -0.117. The Morgan fingerprint density at radius 1 is 1.22 bits per heavy atom. The van der Waals surface area contributed by atoms with E-state index in [4.69, 9.17) is 0 Å². The van der Waals surface area contributed by atoms with Gasteiger partial charge in [0.15, 0.2) is 0 Å². The zero-order chi connectivity index (χ0) is 16.1. The molecule has 3 aromatic rings. The molecule has 0 unspecified atom stereocenters. The fourth-order valence-electron chi connectivity index (χ4n) is 2.23. The van der Waals surface area contributed by atoms with Crippen molar-refractivity contribution in [1.29, 1.82) is 5.26 Å². The number of hydrogen-bond acceptors (Lipinski definition) is 3. The van der Waals surface area contributed by atoms with Gasteiger partial charge < -0.3 is 9.72 Å². The molecule has 1 aromatic carbocycles. The first-order valence-corrected chi connectivity index (χ1v) is 7.14. The lowest BCUT2D eigenvalue weighted by Crippen LogP contribution is -2.23. The second-order valence-electron chi connectivity index (χ2n) is 4.95. The Kier molecular flexibility index (Phi) is 4.16. The smallest absolute Gasteiger partial charge is 0.262 e. The topological polar surface area (TPSA) is 70.2 Å². The quantitative estimate of drug-likeness (QED) is 0.595. The summed E-state index contributed by atoms with van der Waals surface area (Å²) in [4.78, 5) is 16.4. The third kappa shape index (κ3) is 3.27. The average molecular weight is 302 g/mol. The normalized spacial score (nSPS) is 11.2. The number of nitrogens with zero attached hydrogens (tertiary/aromatic N) is 3. The van der Waals surface area contributed by atoms with Crippen LogP contribution < -0.4 is 5.32 Å². The second kappa shape index (κ2) is 6.58. The Bertz CT molecular complexity index is 903. The van der Waals surface area contributed by atoms with Crippen LogP contribution in [0.2, 0.25) is 0 Å². The molecular weight excluding hydrogens is 288 g/mol. The number of nitrogens with one attached hydrogen (secondary N) is 1. The van der Waals surface area contributed by atoms with E-state index in [9.17, 15) is 10.1 Å². The van der Waals surface area contributed by atoms with Crippen LogP contribution in [0, 0.1) is 11.3 Å². The molecule has 5 heteroatoms. The minimum absolute atomic E-state index is 0.0478. The van der Waals surface area contributed by atoms with Crippen molar-refractivity contribution in [3.05, 3.63) is 77.8 Å². The summed E-state index contributed by atoms with van der Waals surface area (Å²) >= 11 is 0. The first-order valence-electron chi connectivity index (χ1n) is 7.14. The van der Waals surface area contributed by atoms with E-state index >= 15 is 0 Å². The highest BCUT2D eigenvalue weighted by Crippen LogP contribution is 2.10. The van der Waals surface area contributed by atoms with Gasteiger partial charge in [0.2, 0.25) is 0 Å². The number of fused-ring (bicyclic) bond motifs is 1. The van der Waals surface area contributed by atoms with Crippen LogP contribution in [0.5, 0.6) is 0 Å². The van der Waals surface area contributed by atoms with E-state index in [1.54, 1.807) is 12.3 Å². The average Bonchev–Trinajstić information content (AvgIpc) is 3.01. The molecule has 0 aliphatic carbocycles. The molecular formula is C18H14N4O. The molecule has 5 nitrogen and oxygen atoms in total. The number of imidazole rings is 1. The number of carbonyl (C=O) groups excluding carboxylic acids is 1. The molecule has 2 heterocycles. The standard InChI is InChI=1S/C18H14N4O/c19-11-15(18(23)21-12-14-6-2-1-3-7-14)10-16-13-20-17-8-4-5-9-22(16)17/h1-10,13H,12H2,(H,21,23). The van der Waals surface area contributed by atoms with E-state index in [0.29, 0.717) is 12.2 Å². The third-order valence-corrected chi connectivity index (χ3v) is 3.40. The van der Waals surface area contributed by atoms with Gasteiger partial charge in [0.1, 0.15) is 17.3 Å². The second-order valence-corrected chi connectivity index (χ2v) is 4.95. The van der Waals surface area contributed by atoms with Crippen LogP contribution in [-0.4, -0.2) is 15.3 Å². The fourth-order valence-corrected chi connectivity index (χ4v) is 2.23. The molecule has 23 heavy (non-hydrogen) atoms. The lowest BCUT2D eigenvalue weighted by Gasteiger charge is -2.04. The summed E-state index contributed by atoms with van der Waals surface area (Å²) in [5.41, 5.74) is 2.48. The Balaban J connectivity index is 1.79. The highest BCUT2D eigenvalue weighted by molar-refractivity contribution is 6.01. The number of carbonyl (C=O) groups is 1. The fraction of sp³-hybridized carbons (Fsp3) is 0.0556. The molecule has 0 atom stereocenters. The number of hydrogen-bond donors (Lipinski definition) is 1. The summed E-state index contributed by atoms with van der Waals surface area (Å²) in [6, 6.07) is 17.1. The zero-order valence-electron chi connectivity index (χ0n) is 12.3. The molecule has 3 rings (SSSR count). The zero-order valence-corrected chi connectivity index (χ0v) is 12.3. The molecule has 0 bridgehead atoms. The van der Waals surface area contributed by atoms with Crippen LogP contribution in [-0.2, 0) is 11.3 Å². The Morgan fingerprint density at radius 2 is 2.00 bits per heavy atom. The minimum Gasteiger partial charge on any atom is -0.347 e. The van der Waals surface area contributed by atoms with Crippen LogP contribution >= 0.6 is 0 Å². The van der Waals surface area contributed by atoms with Crippen molar-refractivity contribution in [1.82, 2.24) is 14.7 Å². The number of nitriles is 1. The predicted molar refractivity (Wildman–Crippen MR) is 87.1 cm³/mol. The molecule has 0 aliphatic rings. The van der Waals surface area contributed by atoms with Gasteiger partial charge in [-0.2, -0.15) is 5.26 Å². The van der Waals surface area contributed by atoms with Gasteiger partial charge in [0.25, 0.3) is 5.91 Å². The predicted octanol–water partition coefficient (Wildman–Crippen LogP) is 2.56. The van der Waals surface area contributed by atoms with E-state index in [1.807, 2.05) is 65.2 Å². The van der Waals surface area contributed by atoms with Gasteiger partial charge in [-0.25, -0.2) is 4.98 Å². The molecule has 0 saturated carbocycles. The van der Waals surface area contributed by atoms with Crippen LogP contribution in [0.1, 0.15) is 11.3 Å². The summed E-state index contributed by atoms with van der Waals surface area (Å²) in [5, 5.41) is 12.0. The first-order chi connectivity index (χ1) is 11.3. The van der Waals surface area contributed by atoms with Crippen molar-refractivity contribution in [3.63, 3.8) is 0 Å². The van der Waals surface area contributed by atoms with Gasteiger partial charge in [-0.05, 0) is 23.8 Å². The van der Waals surface area contributed by atoms with Crippen molar-refractivity contribution < 1.29 is 4.79 Å². The maximum Gasteiger partial charge on any atom is 0.262 e. The van der Waals surface area contributed by atoms with E-state index in [-0.39, 0.29) is 5.57 Å². The van der Waals surface area contributed by atoms with Crippen molar-refractivity contribution in [2.24, 2.45) is 0 Å². The Hall–Kier alpha value is -3.39. The van der Waals surface area contributed by atoms with Gasteiger partial charge in [0.05, 0.1) is 11.9 Å². The van der Waals surface area contributed by atoms with Gasteiger partial charge in [-0.15, -0.1) is 0 Å². The van der Waals surface area contributed by atoms with Gasteiger partial charge >= 0.3 is 0 Å². The van der Waals surface area contributed by atoms with Crippen molar-refractivity contribution in [2.75, 3.05) is 0 Å². The van der Waals surface area contributed by atoms with Crippen LogP contribution in [0.4, 0.5) is 0 Å². The monoisotopic (exact) mass is 302 g/mol.